The number of carbonyl (C=O) groups excluding carboxylic acids is 3. The summed E-state index contributed by atoms with van der Waals surface area (Å²) in [7, 11) is -3.35. The predicted octanol–water partition coefficient (Wildman–Crippen LogP) is 5.98. The summed E-state index contributed by atoms with van der Waals surface area (Å²) in [5.74, 6) is 1.05. The maximum Gasteiger partial charge on any atom is 0.255 e. The molecule has 3 N–H and O–H groups in total. The van der Waals surface area contributed by atoms with Gasteiger partial charge in [-0.15, -0.1) is 0 Å². The van der Waals surface area contributed by atoms with Gasteiger partial charge in [-0.2, -0.15) is 0 Å². The molecule has 0 radical (unpaired) electrons. The number of amides is 3. The largest absolute Gasteiger partial charge is 0.508 e. The van der Waals surface area contributed by atoms with E-state index < -0.39 is 21.8 Å². The van der Waals surface area contributed by atoms with Crippen LogP contribution in [0.3, 0.4) is 0 Å². The van der Waals surface area contributed by atoms with E-state index >= 15 is 0 Å². The average Bonchev–Trinajstić information content (AvgIpc) is 3.50. The summed E-state index contributed by atoms with van der Waals surface area (Å²) in [6.45, 7) is 5.75. The van der Waals surface area contributed by atoms with E-state index in [2.05, 4.69) is 22.5 Å². The first kappa shape index (κ1) is 37.4. The number of hydrogen-bond acceptors (Lipinski definition) is 10. The first-order chi connectivity index (χ1) is 26.5. The third-order valence-corrected chi connectivity index (χ3v) is 11.2. The van der Waals surface area contributed by atoms with Crippen molar-refractivity contribution in [1.29, 1.82) is 0 Å². The number of anilines is 1. The molecule has 284 valence electrons. The Balaban J connectivity index is 0.946. The zero-order valence-corrected chi connectivity index (χ0v) is 31.4. The molecule has 1 atom stereocenters. The molecule has 5 aromatic rings. The van der Waals surface area contributed by atoms with Crippen LogP contribution in [0.5, 0.6) is 23.0 Å². The molecule has 0 spiro atoms. The molecule has 2 heterocycles. The van der Waals surface area contributed by atoms with Gasteiger partial charge in [0.15, 0.2) is 9.84 Å². The fourth-order valence-electron chi connectivity index (χ4n) is 7.05. The van der Waals surface area contributed by atoms with E-state index in [-0.39, 0.29) is 28.9 Å². The number of imide groups is 1. The van der Waals surface area contributed by atoms with Crippen molar-refractivity contribution in [2.75, 3.05) is 44.4 Å². The molecular weight excluding hydrogens is 721 g/mol. The molecule has 12 nitrogen and oxygen atoms in total. The second-order valence-corrected chi connectivity index (χ2v) is 15.7. The van der Waals surface area contributed by atoms with Crippen molar-refractivity contribution in [2.45, 2.75) is 37.2 Å². The van der Waals surface area contributed by atoms with Crippen LogP contribution >= 0.6 is 0 Å². The second kappa shape index (κ2) is 15.8. The molecule has 55 heavy (non-hydrogen) atoms. The van der Waals surface area contributed by atoms with Crippen molar-refractivity contribution in [1.82, 2.24) is 15.1 Å². The molecule has 5 aromatic carbocycles. The third-order valence-electron chi connectivity index (χ3n) is 10.0. The number of likely N-dealkylation sites (N-methyl/N-ethyl adjacent to an activating group) is 1. The van der Waals surface area contributed by atoms with E-state index in [1.807, 2.05) is 48.5 Å². The lowest BCUT2D eigenvalue weighted by Gasteiger charge is -2.29. The Morgan fingerprint density at radius 1 is 0.909 bits per heavy atom. The third kappa shape index (κ3) is 8.27. The van der Waals surface area contributed by atoms with Gasteiger partial charge in [0.25, 0.3) is 5.91 Å². The fraction of sp³-hybridized carbons (Fsp3) is 0.262. The van der Waals surface area contributed by atoms with Crippen molar-refractivity contribution in [2.24, 2.45) is 0 Å². The van der Waals surface area contributed by atoms with Gasteiger partial charge in [0.2, 0.25) is 11.8 Å². The number of nitrogens with one attached hydrogen (secondary N) is 2. The van der Waals surface area contributed by atoms with Crippen LogP contribution in [-0.2, 0) is 26.0 Å². The minimum atomic E-state index is -3.35. The molecule has 0 aliphatic carbocycles. The fourth-order valence-corrected chi connectivity index (χ4v) is 7.68. The van der Waals surface area contributed by atoms with Crippen molar-refractivity contribution >= 4 is 44.0 Å². The van der Waals surface area contributed by atoms with Gasteiger partial charge < -0.3 is 24.8 Å². The minimum absolute atomic E-state index is 0.139. The molecule has 0 saturated carbocycles. The Bertz CT molecular complexity index is 2360. The lowest BCUT2D eigenvalue weighted by atomic mass is 9.99. The van der Waals surface area contributed by atoms with Crippen LogP contribution < -0.4 is 20.1 Å². The molecule has 0 aromatic heterocycles. The molecule has 1 fully saturated rings. The zero-order valence-electron chi connectivity index (χ0n) is 30.6. The number of hydrogen-bond donors (Lipinski definition) is 3. The van der Waals surface area contributed by atoms with Gasteiger partial charge in [-0.3, -0.25) is 24.6 Å². The first-order valence-electron chi connectivity index (χ1n) is 18.2. The lowest BCUT2D eigenvalue weighted by Crippen LogP contribution is -2.52. The lowest BCUT2D eigenvalue weighted by molar-refractivity contribution is -0.136. The Kier molecular flexibility index (Phi) is 10.8. The normalized spacial score (nSPS) is 15.7. The summed E-state index contributed by atoms with van der Waals surface area (Å²) in [5.41, 5.74) is 3.84. The Hall–Kier alpha value is -5.92. The van der Waals surface area contributed by atoms with Crippen LogP contribution in [0.15, 0.2) is 102 Å². The quantitative estimate of drug-likeness (QED) is 0.115. The van der Waals surface area contributed by atoms with E-state index in [0.29, 0.717) is 55.5 Å². The van der Waals surface area contributed by atoms with Crippen LogP contribution in [0, 0.1) is 0 Å². The molecule has 7 rings (SSSR count). The van der Waals surface area contributed by atoms with Gasteiger partial charge in [0, 0.05) is 66.6 Å². The summed E-state index contributed by atoms with van der Waals surface area (Å²) in [5, 5.41) is 17.5. The number of aromatic hydroxyl groups is 1. The van der Waals surface area contributed by atoms with Crippen molar-refractivity contribution in [3.8, 4) is 34.1 Å². The summed E-state index contributed by atoms with van der Waals surface area (Å²) < 4.78 is 36.6. The van der Waals surface area contributed by atoms with Crippen LogP contribution in [0.2, 0.25) is 0 Å². The van der Waals surface area contributed by atoms with E-state index in [9.17, 15) is 27.9 Å². The van der Waals surface area contributed by atoms with Crippen LogP contribution in [0.4, 0.5) is 5.69 Å². The summed E-state index contributed by atoms with van der Waals surface area (Å²) in [6, 6.07) is 27.8. The van der Waals surface area contributed by atoms with Gasteiger partial charge >= 0.3 is 0 Å². The molecule has 0 bridgehead atoms. The summed E-state index contributed by atoms with van der Waals surface area (Å²) >= 11 is 0. The number of fused-ring (bicyclic) bond motifs is 2. The number of phenolic OH excluding ortho intramolecular Hbond substituents is 1. The standard InChI is InChI=1S/C42H42N4O8S/c1-3-45(22-21-43-37-6-4-5-35-36(37)26-46(42(35)50)38-19-20-39(48)44-41(38)49)23-24-53-30-11-13-31(14-12-30)54-40-33(17-9-28-25-29(47)10-18-34(28)40)27-7-15-32(16-8-27)55(2,51)52/h4-18,25,38,43,47H,3,19-24,26H2,1-2H3,(H,44,48,49). The van der Waals surface area contributed by atoms with Gasteiger partial charge in [-0.05, 0) is 96.7 Å². The van der Waals surface area contributed by atoms with Gasteiger partial charge in [0.1, 0.15) is 35.6 Å². The highest BCUT2D eigenvalue weighted by atomic mass is 32.2. The highest BCUT2D eigenvalue weighted by Gasteiger charge is 2.39. The number of phenols is 1. The number of nitrogens with zero attached hydrogens (tertiary/aromatic N) is 2. The van der Waals surface area contributed by atoms with E-state index in [1.54, 1.807) is 53.4 Å². The highest BCUT2D eigenvalue weighted by molar-refractivity contribution is 7.90. The highest BCUT2D eigenvalue weighted by Crippen LogP contribution is 2.41. The predicted molar refractivity (Wildman–Crippen MR) is 209 cm³/mol. The van der Waals surface area contributed by atoms with Crippen molar-refractivity contribution < 1.29 is 37.4 Å². The number of benzene rings is 5. The molecule has 1 saturated heterocycles. The van der Waals surface area contributed by atoms with Gasteiger partial charge in [-0.25, -0.2) is 8.42 Å². The monoisotopic (exact) mass is 762 g/mol. The topological polar surface area (TPSA) is 155 Å². The molecule has 1 unspecified atom stereocenters. The summed E-state index contributed by atoms with van der Waals surface area (Å²) in [4.78, 5) is 41.3. The van der Waals surface area contributed by atoms with Crippen LogP contribution in [0.25, 0.3) is 21.9 Å². The molecular formula is C42H42N4O8S. The van der Waals surface area contributed by atoms with Crippen LogP contribution in [0.1, 0.15) is 35.7 Å². The SMILES string of the molecule is CCN(CCNc1cccc2c1CN(C1CCC(=O)NC1=O)C2=O)CCOc1ccc(Oc2c(-c3ccc(S(C)(=O)=O)cc3)ccc3cc(O)ccc23)cc1. The molecule has 3 amide bonds. The first-order valence-corrected chi connectivity index (χ1v) is 20.1. The molecule has 13 heteroatoms. The smallest absolute Gasteiger partial charge is 0.255 e. The summed E-state index contributed by atoms with van der Waals surface area (Å²) in [6.07, 6.45) is 1.71. The number of carbonyl (C=O) groups is 3. The number of sulfone groups is 1. The zero-order chi connectivity index (χ0) is 38.7. The van der Waals surface area contributed by atoms with Gasteiger partial charge in [0.05, 0.1) is 4.90 Å². The molecule has 2 aliphatic heterocycles. The maximum atomic E-state index is 13.2. The number of ether oxygens (including phenoxy) is 2. The van der Waals surface area contributed by atoms with Gasteiger partial charge in [-0.1, -0.05) is 31.2 Å². The van der Waals surface area contributed by atoms with E-state index in [1.165, 1.54) is 6.26 Å². The van der Waals surface area contributed by atoms with Crippen molar-refractivity contribution in [3.63, 3.8) is 0 Å². The second-order valence-electron chi connectivity index (χ2n) is 13.7. The Labute approximate surface area is 319 Å². The van der Waals surface area contributed by atoms with E-state index in [4.69, 9.17) is 9.47 Å². The Morgan fingerprint density at radius 3 is 2.40 bits per heavy atom. The number of rotatable bonds is 14. The van der Waals surface area contributed by atoms with Crippen molar-refractivity contribution in [3.05, 3.63) is 108 Å². The minimum Gasteiger partial charge on any atom is -0.508 e. The maximum absolute atomic E-state index is 13.2. The Morgan fingerprint density at radius 2 is 1.67 bits per heavy atom. The number of piperidine rings is 1. The van der Waals surface area contributed by atoms with Crippen LogP contribution in [-0.4, -0.2) is 86.1 Å². The molecule has 2 aliphatic rings. The van der Waals surface area contributed by atoms with E-state index in [0.717, 1.165) is 46.2 Å². The average molecular weight is 763 g/mol.